The summed E-state index contributed by atoms with van der Waals surface area (Å²) in [6, 6.07) is 7.85. The summed E-state index contributed by atoms with van der Waals surface area (Å²) in [5, 5.41) is 6.33. The van der Waals surface area contributed by atoms with Gasteiger partial charge in [0.1, 0.15) is 0 Å². The van der Waals surface area contributed by atoms with E-state index in [4.69, 9.17) is 0 Å². The van der Waals surface area contributed by atoms with Gasteiger partial charge in [0.2, 0.25) is 11.8 Å². The van der Waals surface area contributed by atoms with E-state index in [1.807, 2.05) is 29.2 Å². The first-order valence-corrected chi connectivity index (χ1v) is 9.08. The lowest BCUT2D eigenvalue weighted by Gasteiger charge is -2.22. The van der Waals surface area contributed by atoms with Crippen molar-refractivity contribution in [3.8, 4) is 0 Å². The van der Waals surface area contributed by atoms with E-state index in [0.29, 0.717) is 25.3 Å². The quantitative estimate of drug-likeness (QED) is 0.843. The fourth-order valence-electron chi connectivity index (χ4n) is 3.51. The summed E-state index contributed by atoms with van der Waals surface area (Å²) in [5.41, 5.74) is 1.94. The van der Waals surface area contributed by atoms with Crippen LogP contribution in [0, 0.1) is 5.92 Å². The summed E-state index contributed by atoms with van der Waals surface area (Å²) in [6.45, 7) is 3.68. The molecule has 24 heavy (non-hydrogen) atoms. The molecule has 1 aromatic carbocycles. The zero-order chi connectivity index (χ0) is 16.8. The number of amides is 2. The second-order valence-corrected chi connectivity index (χ2v) is 6.90. The van der Waals surface area contributed by atoms with Crippen LogP contribution >= 0.6 is 0 Å². The monoisotopic (exact) mass is 329 g/mol. The summed E-state index contributed by atoms with van der Waals surface area (Å²) in [7, 11) is 0. The third kappa shape index (κ3) is 4.81. The number of hydrogen-bond acceptors (Lipinski definition) is 3. The Labute approximate surface area is 143 Å². The molecule has 0 saturated carbocycles. The summed E-state index contributed by atoms with van der Waals surface area (Å²) >= 11 is 0. The molecule has 5 heteroatoms. The normalized spacial score (nSPS) is 18.8. The predicted octanol–water partition coefficient (Wildman–Crippen LogP) is 2.53. The summed E-state index contributed by atoms with van der Waals surface area (Å²) in [5.74, 6) is 1.01. The van der Waals surface area contributed by atoms with Crippen molar-refractivity contribution >= 4 is 17.5 Å². The zero-order valence-corrected chi connectivity index (χ0v) is 14.2. The highest BCUT2D eigenvalue weighted by Gasteiger charge is 2.20. The number of anilines is 1. The van der Waals surface area contributed by atoms with Crippen LogP contribution in [-0.2, 0) is 16.1 Å². The Morgan fingerprint density at radius 3 is 2.62 bits per heavy atom. The number of likely N-dealkylation sites (tertiary alicyclic amines) is 1. The topological polar surface area (TPSA) is 61.4 Å². The van der Waals surface area contributed by atoms with Crippen LogP contribution in [0.2, 0.25) is 0 Å². The number of piperidine rings is 1. The van der Waals surface area contributed by atoms with Crippen LogP contribution < -0.4 is 10.6 Å². The van der Waals surface area contributed by atoms with Gasteiger partial charge in [0.15, 0.2) is 0 Å². The Morgan fingerprint density at radius 2 is 1.96 bits per heavy atom. The molecule has 3 rings (SSSR count). The van der Waals surface area contributed by atoms with Crippen LogP contribution in [0.1, 0.15) is 44.1 Å². The molecule has 0 aliphatic carbocycles. The molecule has 2 aliphatic rings. The van der Waals surface area contributed by atoms with Crippen molar-refractivity contribution in [2.75, 3.05) is 25.0 Å². The minimum atomic E-state index is 0.0935. The maximum atomic E-state index is 12.1. The maximum Gasteiger partial charge on any atom is 0.224 e. The fourth-order valence-corrected chi connectivity index (χ4v) is 3.51. The van der Waals surface area contributed by atoms with Crippen LogP contribution in [0.4, 0.5) is 5.69 Å². The van der Waals surface area contributed by atoms with Gasteiger partial charge in [-0.15, -0.1) is 0 Å². The van der Waals surface area contributed by atoms with Gasteiger partial charge in [0, 0.05) is 31.6 Å². The van der Waals surface area contributed by atoms with Crippen molar-refractivity contribution < 1.29 is 9.59 Å². The molecule has 5 nitrogen and oxygen atoms in total. The number of carbonyl (C=O) groups is 2. The van der Waals surface area contributed by atoms with E-state index in [2.05, 4.69) is 10.6 Å². The van der Waals surface area contributed by atoms with Crippen molar-refractivity contribution in [1.82, 2.24) is 10.2 Å². The van der Waals surface area contributed by atoms with Crippen molar-refractivity contribution in [2.45, 2.75) is 45.1 Å². The third-order valence-electron chi connectivity index (χ3n) is 5.02. The lowest BCUT2D eigenvalue weighted by atomic mass is 9.93. The molecule has 0 spiro atoms. The number of benzene rings is 1. The molecule has 2 saturated heterocycles. The predicted molar refractivity (Wildman–Crippen MR) is 94.6 cm³/mol. The van der Waals surface area contributed by atoms with Gasteiger partial charge in [-0.25, -0.2) is 0 Å². The fraction of sp³-hybridized carbons (Fsp3) is 0.579. The van der Waals surface area contributed by atoms with Crippen LogP contribution in [0.3, 0.4) is 0 Å². The molecule has 130 valence electrons. The first-order valence-electron chi connectivity index (χ1n) is 9.08. The first kappa shape index (κ1) is 17.0. The van der Waals surface area contributed by atoms with Crippen LogP contribution in [0.25, 0.3) is 0 Å². The largest absolute Gasteiger partial charge is 0.338 e. The standard InChI is InChI=1S/C19H27N3O2/c23-18(8-5-15-9-11-20-12-10-15)21-17-6-3-16(4-7-17)14-22-13-1-2-19(22)24/h3-4,6-7,15,20H,1-2,5,8-14H2,(H,21,23). The highest BCUT2D eigenvalue weighted by Crippen LogP contribution is 2.19. The first-order chi connectivity index (χ1) is 11.7. The average Bonchev–Trinajstić information content (AvgIpc) is 3.01. The number of hydrogen-bond donors (Lipinski definition) is 2. The summed E-state index contributed by atoms with van der Waals surface area (Å²) in [6.07, 6.45) is 5.56. The van der Waals surface area contributed by atoms with E-state index in [9.17, 15) is 9.59 Å². The van der Waals surface area contributed by atoms with Gasteiger partial charge in [-0.2, -0.15) is 0 Å². The van der Waals surface area contributed by atoms with E-state index in [1.54, 1.807) is 0 Å². The van der Waals surface area contributed by atoms with Crippen molar-refractivity contribution in [3.05, 3.63) is 29.8 Å². The molecule has 2 heterocycles. The lowest BCUT2D eigenvalue weighted by molar-refractivity contribution is -0.128. The Kier molecular flexibility index (Phi) is 5.86. The highest BCUT2D eigenvalue weighted by atomic mass is 16.2. The molecule has 0 aromatic heterocycles. The Hall–Kier alpha value is -1.88. The maximum absolute atomic E-state index is 12.1. The Morgan fingerprint density at radius 1 is 1.21 bits per heavy atom. The lowest BCUT2D eigenvalue weighted by Crippen LogP contribution is -2.28. The summed E-state index contributed by atoms with van der Waals surface area (Å²) in [4.78, 5) is 25.6. The van der Waals surface area contributed by atoms with E-state index in [1.165, 1.54) is 12.8 Å². The molecule has 2 N–H and O–H groups in total. The molecular formula is C19H27N3O2. The molecule has 0 atom stereocenters. The molecule has 2 aliphatic heterocycles. The van der Waals surface area contributed by atoms with Gasteiger partial charge < -0.3 is 15.5 Å². The molecule has 2 fully saturated rings. The number of nitrogens with zero attached hydrogens (tertiary/aromatic N) is 1. The van der Waals surface area contributed by atoms with Gasteiger partial charge in [0.25, 0.3) is 0 Å². The minimum Gasteiger partial charge on any atom is -0.338 e. The van der Waals surface area contributed by atoms with Gasteiger partial charge in [-0.05, 0) is 62.4 Å². The number of carbonyl (C=O) groups excluding carboxylic acids is 2. The molecule has 0 unspecified atom stereocenters. The highest BCUT2D eigenvalue weighted by molar-refractivity contribution is 5.90. The SMILES string of the molecule is O=C(CCC1CCNCC1)Nc1ccc(CN2CCCC2=O)cc1. The Balaban J connectivity index is 1.43. The molecule has 0 radical (unpaired) electrons. The van der Waals surface area contributed by atoms with E-state index >= 15 is 0 Å². The van der Waals surface area contributed by atoms with Gasteiger partial charge in [0.05, 0.1) is 0 Å². The van der Waals surface area contributed by atoms with Crippen LogP contribution in [-0.4, -0.2) is 36.3 Å². The molecule has 0 bridgehead atoms. The molecule has 1 aromatic rings. The van der Waals surface area contributed by atoms with E-state index < -0.39 is 0 Å². The van der Waals surface area contributed by atoms with Crippen molar-refractivity contribution in [1.29, 1.82) is 0 Å². The zero-order valence-electron chi connectivity index (χ0n) is 14.2. The second kappa shape index (κ2) is 8.29. The van der Waals surface area contributed by atoms with Crippen molar-refractivity contribution in [3.63, 3.8) is 0 Å². The number of nitrogens with one attached hydrogen (secondary N) is 2. The van der Waals surface area contributed by atoms with Gasteiger partial charge in [-0.3, -0.25) is 9.59 Å². The van der Waals surface area contributed by atoms with Crippen LogP contribution in [0.5, 0.6) is 0 Å². The molecule has 2 amide bonds. The smallest absolute Gasteiger partial charge is 0.224 e. The van der Waals surface area contributed by atoms with Crippen LogP contribution in [0.15, 0.2) is 24.3 Å². The Bertz CT molecular complexity index is 564. The third-order valence-corrected chi connectivity index (χ3v) is 5.02. The van der Waals surface area contributed by atoms with Gasteiger partial charge in [-0.1, -0.05) is 12.1 Å². The summed E-state index contributed by atoms with van der Waals surface area (Å²) < 4.78 is 0. The van der Waals surface area contributed by atoms with E-state index in [0.717, 1.165) is 43.7 Å². The number of rotatable bonds is 6. The van der Waals surface area contributed by atoms with E-state index in [-0.39, 0.29) is 11.8 Å². The van der Waals surface area contributed by atoms with Crippen molar-refractivity contribution in [2.24, 2.45) is 5.92 Å². The van der Waals surface area contributed by atoms with Gasteiger partial charge >= 0.3 is 0 Å². The minimum absolute atomic E-state index is 0.0935. The second-order valence-electron chi connectivity index (χ2n) is 6.90. The average molecular weight is 329 g/mol. The molecular weight excluding hydrogens is 302 g/mol.